The lowest BCUT2D eigenvalue weighted by Crippen LogP contribution is -2.30. The summed E-state index contributed by atoms with van der Waals surface area (Å²) in [6.45, 7) is 0.693. The van der Waals surface area contributed by atoms with Crippen LogP contribution in [0, 0.1) is 0 Å². The van der Waals surface area contributed by atoms with Crippen LogP contribution in [0.4, 0.5) is 0 Å². The Morgan fingerprint density at radius 1 is 1.42 bits per heavy atom. The Bertz CT molecular complexity index is 665. The Balaban J connectivity index is 2.35. The zero-order valence-corrected chi connectivity index (χ0v) is 11.0. The summed E-state index contributed by atoms with van der Waals surface area (Å²) in [5.41, 5.74) is -0.335. The van der Waals surface area contributed by atoms with Gasteiger partial charge in [0.05, 0.1) is 6.61 Å². The van der Waals surface area contributed by atoms with Crippen LogP contribution in [0.2, 0.25) is 5.02 Å². The van der Waals surface area contributed by atoms with Crippen LogP contribution >= 0.6 is 11.6 Å². The molecule has 0 aliphatic carbocycles. The van der Waals surface area contributed by atoms with Gasteiger partial charge in [-0.3, -0.25) is 4.79 Å². The van der Waals surface area contributed by atoms with Crippen molar-refractivity contribution >= 4 is 28.5 Å². The van der Waals surface area contributed by atoms with Crippen molar-refractivity contribution in [1.82, 2.24) is 5.32 Å². The number of hydrogen-bond acceptors (Lipinski definition) is 4. The average molecular weight is 282 g/mol. The molecule has 1 aromatic heterocycles. The monoisotopic (exact) mass is 281 g/mol. The van der Waals surface area contributed by atoms with Crippen LogP contribution < -0.4 is 10.9 Å². The maximum Gasteiger partial charge on any atom is 0.349 e. The molecule has 5 nitrogen and oxygen atoms in total. The minimum atomic E-state index is -0.676. The summed E-state index contributed by atoms with van der Waals surface area (Å²) in [5.74, 6) is -0.493. The number of methoxy groups -OCH3 is 1. The summed E-state index contributed by atoms with van der Waals surface area (Å²) >= 11 is 5.86. The molecule has 2 aromatic rings. The number of hydrogen-bond donors (Lipinski definition) is 1. The largest absolute Gasteiger partial charge is 0.422 e. The molecule has 0 bridgehead atoms. The molecule has 1 N–H and O–H groups in total. The molecule has 0 spiro atoms. The summed E-state index contributed by atoms with van der Waals surface area (Å²) in [5, 5.41) is 3.67. The molecule has 0 unspecified atom stereocenters. The van der Waals surface area contributed by atoms with E-state index in [0.29, 0.717) is 29.1 Å². The molecule has 0 saturated carbocycles. The number of ether oxygens (including phenoxy) is 1. The molecule has 0 aliphatic rings. The van der Waals surface area contributed by atoms with Crippen molar-refractivity contribution in [2.75, 3.05) is 20.3 Å². The maximum atomic E-state index is 11.8. The van der Waals surface area contributed by atoms with E-state index < -0.39 is 11.5 Å². The quantitative estimate of drug-likeness (QED) is 0.686. The van der Waals surface area contributed by atoms with Crippen LogP contribution in [0.5, 0.6) is 0 Å². The highest BCUT2D eigenvalue weighted by molar-refractivity contribution is 6.31. The zero-order valence-electron chi connectivity index (χ0n) is 10.2. The molecule has 0 radical (unpaired) electrons. The summed E-state index contributed by atoms with van der Waals surface area (Å²) in [4.78, 5) is 23.5. The zero-order chi connectivity index (χ0) is 13.8. The van der Waals surface area contributed by atoms with Crippen molar-refractivity contribution in [3.05, 3.63) is 45.3 Å². The molecule has 0 saturated heterocycles. The Morgan fingerprint density at radius 3 is 2.95 bits per heavy atom. The van der Waals surface area contributed by atoms with Gasteiger partial charge in [0.15, 0.2) is 0 Å². The third kappa shape index (κ3) is 3.13. The summed E-state index contributed by atoms with van der Waals surface area (Å²) < 4.78 is 9.88. The molecule has 1 heterocycles. The first-order valence-corrected chi connectivity index (χ1v) is 6.00. The smallest absolute Gasteiger partial charge is 0.349 e. The number of benzene rings is 1. The minimum Gasteiger partial charge on any atom is -0.422 e. The minimum absolute atomic E-state index is 0.0501. The summed E-state index contributed by atoms with van der Waals surface area (Å²) in [6, 6.07) is 6.30. The first-order chi connectivity index (χ1) is 9.11. The number of amides is 1. The lowest BCUT2D eigenvalue weighted by molar-refractivity contribution is 0.0933. The molecular weight excluding hydrogens is 270 g/mol. The van der Waals surface area contributed by atoms with Gasteiger partial charge in [-0.25, -0.2) is 4.79 Å². The number of carbonyl (C=O) groups is 1. The molecule has 0 atom stereocenters. The van der Waals surface area contributed by atoms with Crippen molar-refractivity contribution in [2.45, 2.75) is 0 Å². The first kappa shape index (κ1) is 13.6. The first-order valence-electron chi connectivity index (χ1n) is 5.62. The Hall–Kier alpha value is -1.85. The molecule has 19 heavy (non-hydrogen) atoms. The second-order valence-electron chi connectivity index (χ2n) is 3.88. The van der Waals surface area contributed by atoms with Gasteiger partial charge in [-0.15, -0.1) is 0 Å². The van der Waals surface area contributed by atoms with Gasteiger partial charge in [-0.05, 0) is 24.3 Å². The van der Waals surface area contributed by atoms with E-state index in [-0.39, 0.29) is 5.56 Å². The van der Waals surface area contributed by atoms with Gasteiger partial charge in [0.2, 0.25) is 0 Å². The highest BCUT2D eigenvalue weighted by Gasteiger charge is 2.13. The van der Waals surface area contributed by atoms with Crippen LogP contribution in [0.1, 0.15) is 10.4 Å². The van der Waals surface area contributed by atoms with Crippen LogP contribution in [-0.4, -0.2) is 26.2 Å². The predicted molar refractivity (Wildman–Crippen MR) is 71.7 cm³/mol. The lowest BCUT2D eigenvalue weighted by atomic mass is 10.2. The molecule has 1 aromatic carbocycles. The summed E-state index contributed by atoms with van der Waals surface area (Å²) in [6.07, 6.45) is 0. The Labute approximate surface area is 114 Å². The fourth-order valence-corrected chi connectivity index (χ4v) is 1.79. The van der Waals surface area contributed by atoms with Gasteiger partial charge < -0.3 is 14.5 Å². The highest BCUT2D eigenvalue weighted by Crippen LogP contribution is 2.18. The van der Waals surface area contributed by atoms with E-state index in [1.165, 1.54) is 13.2 Å². The number of nitrogens with one attached hydrogen (secondary N) is 1. The van der Waals surface area contributed by atoms with Gasteiger partial charge in [-0.2, -0.15) is 0 Å². The maximum absolute atomic E-state index is 11.8. The molecule has 0 aliphatic heterocycles. The normalized spacial score (nSPS) is 10.6. The van der Waals surface area contributed by atoms with E-state index in [1.54, 1.807) is 18.2 Å². The van der Waals surface area contributed by atoms with Gasteiger partial charge in [0, 0.05) is 24.1 Å². The predicted octanol–water partition coefficient (Wildman–Crippen LogP) is 1.82. The highest BCUT2D eigenvalue weighted by atomic mass is 35.5. The van der Waals surface area contributed by atoms with E-state index in [9.17, 15) is 9.59 Å². The van der Waals surface area contributed by atoms with Crippen molar-refractivity contribution in [3.63, 3.8) is 0 Å². The lowest BCUT2D eigenvalue weighted by Gasteiger charge is -2.04. The van der Waals surface area contributed by atoms with E-state index in [2.05, 4.69) is 5.32 Å². The van der Waals surface area contributed by atoms with Crippen molar-refractivity contribution in [2.24, 2.45) is 0 Å². The van der Waals surface area contributed by atoms with Gasteiger partial charge in [0.1, 0.15) is 11.1 Å². The third-order valence-corrected chi connectivity index (χ3v) is 2.77. The molecule has 2 rings (SSSR count). The van der Waals surface area contributed by atoms with Crippen LogP contribution in [0.25, 0.3) is 11.0 Å². The van der Waals surface area contributed by atoms with Crippen molar-refractivity contribution in [3.8, 4) is 0 Å². The topological polar surface area (TPSA) is 68.5 Å². The number of rotatable bonds is 4. The SMILES string of the molecule is COCCNC(=O)c1cc2cc(Cl)ccc2oc1=O. The second kappa shape index (κ2) is 5.86. The fraction of sp³-hybridized carbons (Fsp3) is 0.231. The van der Waals surface area contributed by atoms with E-state index in [1.807, 2.05) is 0 Å². The van der Waals surface area contributed by atoms with E-state index in [4.69, 9.17) is 20.8 Å². The standard InChI is InChI=1S/C13H12ClNO4/c1-18-5-4-15-12(16)10-7-8-6-9(14)2-3-11(8)19-13(10)17/h2-3,6-7H,4-5H2,1H3,(H,15,16). The molecule has 6 heteroatoms. The van der Waals surface area contributed by atoms with Crippen molar-refractivity contribution in [1.29, 1.82) is 0 Å². The third-order valence-electron chi connectivity index (χ3n) is 2.53. The van der Waals surface area contributed by atoms with Gasteiger partial charge >= 0.3 is 5.63 Å². The van der Waals surface area contributed by atoms with Crippen LogP contribution in [-0.2, 0) is 4.74 Å². The summed E-state index contributed by atoms with van der Waals surface area (Å²) in [7, 11) is 1.53. The Kier molecular flexibility index (Phi) is 4.19. The Morgan fingerprint density at radius 2 is 2.21 bits per heavy atom. The van der Waals surface area contributed by atoms with Crippen LogP contribution in [0.15, 0.2) is 33.5 Å². The van der Waals surface area contributed by atoms with Crippen molar-refractivity contribution < 1.29 is 13.9 Å². The van der Waals surface area contributed by atoms with Crippen LogP contribution in [0.3, 0.4) is 0 Å². The molecule has 100 valence electrons. The molecular formula is C13H12ClNO4. The van der Waals surface area contributed by atoms with Gasteiger partial charge in [0.25, 0.3) is 5.91 Å². The number of fused-ring (bicyclic) bond motifs is 1. The van der Waals surface area contributed by atoms with Gasteiger partial charge in [-0.1, -0.05) is 11.6 Å². The number of halogens is 1. The fourth-order valence-electron chi connectivity index (χ4n) is 1.61. The van der Waals surface area contributed by atoms with E-state index in [0.717, 1.165) is 0 Å². The molecule has 0 fully saturated rings. The van der Waals surface area contributed by atoms with E-state index >= 15 is 0 Å². The number of carbonyl (C=O) groups excluding carboxylic acids is 1. The average Bonchev–Trinajstić information content (AvgIpc) is 2.38. The molecule has 1 amide bonds. The second-order valence-corrected chi connectivity index (χ2v) is 4.31.